The second-order valence-electron chi connectivity index (χ2n) is 8.67. The van der Waals surface area contributed by atoms with Crippen molar-refractivity contribution in [3.8, 4) is 0 Å². The number of aliphatic hydroxyl groups is 2. The van der Waals surface area contributed by atoms with Crippen molar-refractivity contribution in [1.29, 1.82) is 0 Å². The number of rotatable bonds is 8. The molecule has 170 valence electrons. The number of benzene rings is 2. The maximum Gasteiger partial charge on any atom is 0.182 e. The third-order valence-corrected chi connectivity index (χ3v) is 6.39. The number of hydrogen-bond acceptors (Lipinski definition) is 5. The fraction of sp³-hybridized carbons (Fsp3) is 0.455. The molecule has 0 radical (unpaired) electrons. The van der Waals surface area contributed by atoms with Crippen molar-refractivity contribution in [2.75, 3.05) is 25.0 Å². The van der Waals surface area contributed by atoms with Gasteiger partial charge >= 0.3 is 0 Å². The Hall–Kier alpha value is -1.40. The number of anilines is 2. The van der Waals surface area contributed by atoms with Crippen LogP contribution in [-0.2, 0) is 0 Å². The van der Waals surface area contributed by atoms with Gasteiger partial charge in [-0.2, -0.15) is 0 Å². The van der Waals surface area contributed by atoms with E-state index in [0.29, 0.717) is 10.1 Å². The van der Waals surface area contributed by atoms with Gasteiger partial charge in [0.2, 0.25) is 0 Å². The zero-order valence-corrected chi connectivity index (χ0v) is 19.8. The van der Waals surface area contributed by atoms with Crippen LogP contribution in [0.3, 0.4) is 0 Å². The quantitative estimate of drug-likeness (QED) is 0.371. The van der Waals surface area contributed by atoms with Gasteiger partial charge in [-0.15, -0.1) is 0 Å². The fourth-order valence-corrected chi connectivity index (χ4v) is 3.81. The molecule has 1 aliphatic rings. The first-order valence-electron chi connectivity index (χ1n) is 10.0. The van der Waals surface area contributed by atoms with Gasteiger partial charge in [0, 0.05) is 34.3 Å². The summed E-state index contributed by atoms with van der Waals surface area (Å²) in [6.45, 7) is 6.75. The van der Waals surface area contributed by atoms with Crippen molar-refractivity contribution in [1.82, 2.24) is 10.2 Å². The standard InChI is InChI=1S/C22H27F3IN3O2/c1-4-21(2,3)27-10-22(31)11-29(12-22)20(30)14-6-7-15(23)18(25)19(14)28-17-8-5-13(26)9-16(17)24/h5-9,20,27-28,30-31H,4,10-12H2,1-3H3. The molecule has 5 nitrogen and oxygen atoms in total. The molecule has 1 fully saturated rings. The van der Waals surface area contributed by atoms with E-state index in [0.717, 1.165) is 12.5 Å². The van der Waals surface area contributed by atoms with Crippen LogP contribution in [0.15, 0.2) is 30.3 Å². The highest BCUT2D eigenvalue weighted by atomic mass is 127. The molecule has 3 rings (SSSR count). The average Bonchev–Trinajstić information content (AvgIpc) is 2.69. The Morgan fingerprint density at radius 3 is 2.45 bits per heavy atom. The van der Waals surface area contributed by atoms with Gasteiger partial charge in [-0.3, -0.25) is 4.90 Å². The minimum atomic E-state index is -1.30. The molecule has 2 aromatic rings. The first-order chi connectivity index (χ1) is 14.4. The molecule has 1 unspecified atom stereocenters. The third-order valence-electron chi connectivity index (χ3n) is 5.72. The lowest BCUT2D eigenvalue weighted by molar-refractivity contribution is -0.161. The van der Waals surface area contributed by atoms with Gasteiger partial charge in [0.1, 0.15) is 17.6 Å². The van der Waals surface area contributed by atoms with Gasteiger partial charge < -0.3 is 20.8 Å². The molecule has 0 aromatic heterocycles. The van der Waals surface area contributed by atoms with Gasteiger partial charge in [0.15, 0.2) is 11.6 Å². The van der Waals surface area contributed by atoms with E-state index in [1.54, 1.807) is 11.0 Å². The summed E-state index contributed by atoms with van der Waals surface area (Å²) in [5.74, 6) is -2.95. The Kier molecular flexibility index (Phi) is 7.21. The Labute approximate surface area is 193 Å². The zero-order valence-electron chi connectivity index (χ0n) is 17.6. The zero-order chi connectivity index (χ0) is 23.0. The third kappa shape index (κ3) is 5.51. The molecule has 1 aliphatic heterocycles. The molecule has 2 aromatic carbocycles. The van der Waals surface area contributed by atoms with Crippen LogP contribution in [0.5, 0.6) is 0 Å². The second kappa shape index (κ2) is 9.22. The molecule has 1 atom stereocenters. The molecule has 9 heteroatoms. The molecule has 1 heterocycles. The van der Waals surface area contributed by atoms with Crippen LogP contribution >= 0.6 is 22.6 Å². The van der Waals surface area contributed by atoms with Gasteiger partial charge in [0.25, 0.3) is 0 Å². The van der Waals surface area contributed by atoms with Crippen molar-refractivity contribution in [3.05, 3.63) is 56.9 Å². The molecule has 0 spiro atoms. The fourth-order valence-electron chi connectivity index (χ4n) is 3.35. The van der Waals surface area contributed by atoms with E-state index < -0.39 is 29.3 Å². The molecule has 31 heavy (non-hydrogen) atoms. The number of likely N-dealkylation sites (tertiary alicyclic amines) is 1. The Balaban J connectivity index is 1.78. The maximum atomic E-state index is 14.6. The number of β-amino-alcohol motifs (C(OH)–C–C–N with tert-alkyl or cyclic N) is 1. The van der Waals surface area contributed by atoms with E-state index in [4.69, 9.17) is 0 Å². The SMILES string of the molecule is CCC(C)(C)NCC1(O)CN(C(O)c2ccc(F)c(F)c2Nc2ccc(I)cc2F)C1. The molecule has 1 saturated heterocycles. The smallest absolute Gasteiger partial charge is 0.182 e. The molecule has 0 bridgehead atoms. The normalized spacial score (nSPS) is 17.3. The largest absolute Gasteiger partial charge is 0.386 e. The summed E-state index contributed by atoms with van der Waals surface area (Å²) in [7, 11) is 0. The first-order valence-corrected chi connectivity index (χ1v) is 11.1. The van der Waals surface area contributed by atoms with E-state index in [1.807, 2.05) is 43.4 Å². The number of hydrogen-bond donors (Lipinski definition) is 4. The van der Waals surface area contributed by atoms with Crippen LogP contribution in [-0.4, -0.2) is 45.9 Å². The van der Waals surface area contributed by atoms with Crippen molar-refractivity contribution in [2.45, 2.75) is 44.6 Å². The Morgan fingerprint density at radius 2 is 1.84 bits per heavy atom. The van der Waals surface area contributed by atoms with Gasteiger partial charge in [0.05, 0.1) is 11.4 Å². The van der Waals surface area contributed by atoms with E-state index in [1.165, 1.54) is 18.2 Å². The maximum absolute atomic E-state index is 14.6. The summed E-state index contributed by atoms with van der Waals surface area (Å²) < 4.78 is 43.4. The summed E-state index contributed by atoms with van der Waals surface area (Å²) in [5.41, 5.74) is -1.50. The van der Waals surface area contributed by atoms with Crippen molar-refractivity contribution >= 4 is 34.0 Å². The molecule has 0 saturated carbocycles. The van der Waals surface area contributed by atoms with E-state index >= 15 is 0 Å². The van der Waals surface area contributed by atoms with Crippen LogP contribution < -0.4 is 10.6 Å². The first kappa shape index (κ1) is 24.2. The molecular weight excluding hydrogens is 522 g/mol. The Bertz CT molecular complexity index is 952. The lowest BCUT2D eigenvalue weighted by Crippen LogP contribution is -2.67. The van der Waals surface area contributed by atoms with Crippen LogP contribution in [0.2, 0.25) is 0 Å². The summed E-state index contributed by atoms with van der Waals surface area (Å²) in [6, 6.07) is 6.48. The highest BCUT2D eigenvalue weighted by Gasteiger charge is 2.45. The number of nitrogens with zero attached hydrogens (tertiary/aromatic N) is 1. The van der Waals surface area contributed by atoms with Crippen molar-refractivity contribution in [3.63, 3.8) is 0 Å². The minimum absolute atomic E-state index is 0.0375. The van der Waals surface area contributed by atoms with Gasteiger partial charge in [-0.05, 0) is 73.2 Å². The van der Waals surface area contributed by atoms with Crippen LogP contribution in [0.4, 0.5) is 24.5 Å². The van der Waals surface area contributed by atoms with E-state index in [9.17, 15) is 23.4 Å². The number of nitrogens with one attached hydrogen (secondary N) is 2. The monoisotopic (exact) mass is 549 g/mol. The highest BCUT2D eigenvalue weighted by molar-refractivity contribution is 14.1. The van der Waals surface area contributed by atoms with Crippen LogP contribution in [0.25, 0.3) is 0 Å². The predicted molar refractivity (Wildman–Crippen MR) is 123 cm³/mol. The lowest BCUT2D eigenvalue weighted by atomic mass is 9.90. The lowest BCUT2D eigenvalue weighted by Gasteiger charge is -2.49. The predicted octanol–water partition coefficient (Wildman–Crippen LogP) is 4.27. The Morgan fingerprint density at radius 1 is 1.16 bits per heavy atom. The summed E-state index contributed by atoms with van der Waals surface area (Å²) in [5, 5.41) is 27.4. The van der Waals surface area contributed by atoms with Crippen molar-refractivity contribution < 1.29 is 23.4 Å². The highest BCUT2D eigenvalue weighted by Crippen LogP contribution is 2.36. The van der Waals surface area contributed by atoms with Gasteiger partial charge in [-0.25, -0.2) is 13.2 Å². The average molecular weight is 549 g/mol. The number of aliphatic hydroxyl groups excluding tert-OH is 1. The topological polar surface area (TPSA) is 67.8 Å². The van der Waals surface area contributed by atoms with Crippen LogP contribution in [0.1, 0.15) is 39.0 Å². The molecular formula is C22H27F3IN3O2. The van der Waals surface area contributed by atoms with E-state index in [-0.39, 0.29) is 35.6 Å². The summed E-state index contributed by atoms with van der Waals surface area (Å²) in [6.07, 6.45) is -0.419. The minimum Gasteiger partial charge on any atom is -0.386 e. The molecule has 4 N–H and O–H groups in total. The summed E-state index contributed by atoms with van der Waals surface area (Å²) >= 11 is 1.94. The molecule has 0 amide bonds. The van der Waals surface area contributed by atoms with E-state index in [2.05, 4.69) is 10.6 Å². The van der Waals surface area contributed by atoms with Crippen molar-refractivity contribution in [2.24, 2.45) is 0 Å². The summed E-state index contributed by atoms with van der Waals surface area (Å²) in [4.78, 5) is 1.54. The number of halogens is 4. The molecule has 0 aliphatic carbocycles. The van der Waals surface area contributed by atoms with Gasteiger partial charge in [-0.1, -0.05) is 6.92 Å². The second-order valence-corrected chi connectivity index (χ2v) is 9.91. The van der Waals surface area contributed by atoms with Crippen LogP contribution in [0, 0.1) is 21.0 Å².